The zero-order valence-electron chi connectivity index (χ0n) is 9.76. The maximum Gasteiger partial charge on any atom is 0.310 e. The molecule has 0 amide bonds. The molecule has 1 heterocycles. The Kier molecular flexibility index (Phi) is 3.64. The molecule has 0 aromatic carbocycles. The maximum atomic E-state index is 12.0. The highest BCUT2D eigenvalue weighted by atomic mass is 32.2. The van der Waals surface area contributed by atoms with Crippen molar-refractivity contribution < 1.29 is 23.1 Å². The first-order valence-corrected chi connectivity index (χ1v) is 6.95. The fraction of sp³-hybridized carbons (Fsp3) is 0.900. The number of sulfone groups is 1. The molecular formula is C10H18O5S. The first-order chi connectivity index (χ1) is 7.17. The van der Waals surface area contributed by atoms with Crippen molar-refractivity contribution in [1.82, 2.24) is 0 Å². The van der Waals surface area contributed by atoms with Crippen LogP contribution in [0.1, 0.15) is 27.2 Å². The molecule has 0 aliphatic carbocycles. The average Bonchev–Trinajstić information content (AvgIpc) is 2.49. The van der Waals surface area contributed by atoms with E-state index in [9.17, 15) is 13.2 Å². The van der Waals surface area contributed by atoms with Crippen molar-refractivity contribution >= 4 is 15.8 Å². The lowest BCUT2D eigenvalue weighted by molar-refractivity contribution is -0.145. The summed E-state index contributed by atoms with van der Waals surface area (Å²) in [5.41, 5.74) is -1.25. The number of rotatable bonds is 4. The number of ether oxygens (including phenoxy) is 1. The predicted molar refractivity (Wildman–Crippen MR) is 59.0 cm³/mol. The van der Waals surface area contributed by atoms with Gasteiger partial charge in [-0.15, -0.1) is 0 Å². The summed E-state index contributed by atoms with van der Waals surface area (Å²) in [7, 11) is -3.42. The highest BCUT2D eigenvalue weighted by molar-refractivity contribution is 7.92. The van der Waals surface area contributed by atoms with Crippen molar-refractivity contribution in [2.75, 3.05) is 12.4 Å². The van der Waals surface area contributed by atoms with Gasteiger partial charge in [0.15, 0.2) is 9.84 Å². The van der Waals surface area contributed by atoms with E-state index in [1.54, 1.807) is 6.92 Å². The fourth-order valence-corrected chi connectivity index (χ4v) is 4.32. The Morgan fingerprint density at radius 3 is 2.44 bits per heavy atom. The number of carbonyl (C=O) groups is 1. The van der Waals surface area contributed by atoms with Gasteiger partial charge in [0.05, 0.1) is 22.5 Å². The standard InChI is InChI=1S/C10H18O5S/c1-7-8(4-5-15-7)16(13,14)6-10(2,3)9(11)12/h7-8H,4-6H2,1-3H3,(H,11,12). The van der Waals surface area contributed by atoms with Gasteiger partial charge in [-0.3, -0.25) is 4.79 Å². The minimum Gasteiger partial charge on any atom is -0.481 e. The molecule has 0 aromatic rings. The number of hydrogen-bond acceptors (Lipinski definition) is 4. The van der Waals surface area contributed by atoms with Crippen LogP contribution in [0.5, 0.6) is 0 Å². The predicted octanol–water partition coefficient (Wildman–Crippen LogP) is 0.689. The smallest absolute Gasteiger partial charge is 0.310 e. The second-order valence-electron chi connectivity index (χ2n) is 4.90. The summed E-state index contributed by atoms with van der Waals surface area (Å²) in [5, 5.41) is 8.35. The van der Waals surface area contributed by atoms with Crippen LogP contribution in [0.3, 0.4) is 0 Å². The summed E-state index contributed by atoms with van der Waals surface area (Å²) in [5.74, 6) is -1.43. The Balaban J connectivity index is 2.84. The van der Waals surface area contributed by atoms with E-state index in [1.807, 2.05) is 0 Å². The Hall–Kier alpha value is -0.620. The quantitative estimate of drug-likeness (QED) is 0.794. The summed E-state index contributed by atoms with van der Waals surface area (Å²) in [6.07, 6.45) is 0.119. The fourth-order valence-electron chi connectivity index (χ4n) is 1.86. The van der Waals surface area contributed by atoms with Gasteiger partial charge in [-0.25, -0.2) is 8.42 Å². The Bertz CT molecular complexity index is 371. The molecule has 1 rings (SSSR count). The van der Waals surface area contributed by atoms with Crippen LogP contribution in [-0.4, -0.2) is 43.2 Å². The van der Waals surface area contributed by atoms with Gasteiger partial charge >= 0.3 is 5.97 Å². The first-order valence-electron chi connectivity index (χ1n) is 5.23. The van der Waals surface area contributed by atoms with E-state index < -0.39 is 26.5 Å². The van der Waals surface area contributed by atoms with Crippen molar-refractivity contribution in [1.29, 1.82) is 0 Å². The Morgan fingerprint density at radius 2 is 2.06 bits per heavy atom. The van der Waals surface area contributed by atoms with Crippen molar-refractivity contribution in [3.63, 3.8) is 0 Å². The maximum absolute atomic E-state index is 12.0. The molecule has 16 heavy (non-hydrogen) atoms. The van der Waals surface area contributed by atoms with Gasteiger partial charge in [-0.05, 0) is 27.2 Å². The largest absolute Gasteiger partial charge is 0.481 e. The molecule has 0 aromatic heterocycles. The van der Waals surface area contributed by atoms with Gasteiger partial charge in [-0.2, -0.15) is 0 Å². The van der Waals surface area contributed by atoms with Crippen molar-refractivity contribution in [3.8, 4) is 0 Å². The van der Waals surface area contributed by atoms with E-state index in [-0.39, 0.29) is 11.9 Å². The first kappa shape index (κ1) is 13.4. The second kappa shape index (κ2) is 4.33. The molecule has 1 fully saturated rings. The highest BCUT2D eigenvalue weighted by Gasteiger charge is 2.41. The lowest BCUT2D eigenvalue weighted by Crippen LogP contribution is -2.39. The molecule has 2 atom stereocenters. The van der Waals surface area contributed by atoms with E-state index in [0.717, 1.165) is 0 Å². The molecule has 1 aliphatic rings. The topological polar surface area (TPSA) is 80.7 Å². The molecule has 1 N–H and O–H groups in total. The van der Waals surface area contributed by atoms with E-state index in [1.165, 1.54) is 13.8 Å². The Labute approximate surface area is 95.7 Å². The molecule has 2 unspecified atom stereocenters. The minimum absolute atomic E-state index is 0.338. The third kappa shape index (κ3) is 2.74. The van der Waals surface area contributed by atoms with E-state index in [2.05, 4.69) is 0 Å². The summed E-state index contributed by atoms with van der Waals surface area (Å²) >= 11 is 0. The van der Waals surface area contributed by atoms with Gasteiger partial charge in [0.1, 0.15) is 0 Å². The zero-order chi connectivity index (χ0) is 12.6. The van der Waals surface area contributed by atoms with E-state index >= 15 is 0 Å². The van der Waals surface area contributed by atoms with E-state index in [4.69, 9.17) is 9.84 Å². The van der Waals surface area contributed by atoms with Crippen molar-refractivity contribution in [2.24, 2.45) is 5.41 Å². The SMILES string of the molecule is CC1OCCC1S(=O)(=O)CC(C)(C)C(=O)O. The van der Waals surface area contributed by atoms with Crippen LogP contribution in [0.15, 0.2) is 0 Å². The van der Waals surface area contributed by atoms with Gasteiger partial charge in [-0.1, -0.05) is 0 Å². The highest BCUT2D eigenvalue weighted by Crippen LogP contribution is 2.27. The lowest BCUT2D eigenvalue weighted by atomic mass is 9.97. The summed E-state index contributed by atoms with van der Waals surface area (Å²) in [4.78, 5) is 10.9. The number of carboxylic acids is 1. The third-order valence-corrected chi connectivity index (χ3v) is 5.57. The van der Waals surface area contributed by atoms with Crippen LogP contribution in [0.25, 0.3) is 0 Å². The van der Waals surface area contributed by atoms with Crippen LogP contribution in [0, 0.1) is 5.41 Å². The molecule has 1 saturated heterocycles. The van der Waals surface area contributed by atoms with Gasteiger partial charge in [0, 0.05) is 6.61 Å². The molecular weight excluding hydrogens is 232 g/mol. The normalized spacial score (nSPS) is 26.9. The molecule has 6 heteroatoms. The summed E-state index contributed by atoms with van der Waals surface area (Å²) in [6, 6.07) is 0. The van der Waals surface area contributed by atoms with Gasteiger partial charge < -0.3 is 9.84 Å². The number of carboxylic acid groups (broad SMARTS) is 1. The summed E-state index contributed by atoms with van der Waals surface area (Å²) < 4.78 is 29.2. The lowest BCUT2D eigenvalue weighted by Gasteiger charge is -2.22. The average molecular weight is 250 g/mol. The molecule has 0 bridgehead atoms. The second-order valence-corrected chi connectivity index (χ2v) is 7.12. The van der Waals surface area contributed by atoms with Crippen LogP contribution in [0.4, 0.5) is 0 Å². The van der Waals surface area contributed by atoms with Gasteiger partial charge in [0.2, 0.25) is 0 Å². The van der Waals surface area contributed by atoms with E-state index in [0.29, 0.717) is 13.0 Å². The van der Waals surface area contributed by atoms with Crippen molar-refractivity contribution in [3.05, 3.63) is 0 Å². The zero-order valence-corrected chi connectivity index (χ0v) is 10.6. The number of aliphatic carboxylic acids is 1. The molecule has 5 nitrogen and oxygen atoms in total. The van der Waals surface area contributed by atoms with Crippen LogP contribution >= 0.6 is 0 Å². The molecule has 0 radical (unpaired) electrons. The summed E-state index contributed by atoms with van der Waals surface area (Å²) in [6.45, 7) is 4.99. The van der Waals surface area contributed by atoms with Crippen molar-refractivity contribution in [2.45, 2.75) is 38.5 Å². The molecule has 1 aliphatic heterocycles. The van der Waals surface area contributed by atoms with Crippen LogP contribution in [0.2, 0.25) is 0 Å². The van der Waals surface area contributed by atoms with Crippen LogP contribution < -0.4 is 0 Å². The molecule has 0 spiro atoms. The molecule has 94 valence electrons. The minimum atomic E-state index is -3.42. The Morgan fingerprint density at radius 1 is 1.50 bits per heavy atom. The molecule has 0 saturated carbocycles. The van der Waals surface area contributed by atoms with Crippen LogP contribution in [-0.2, 0) is 19.4 Å². The third-order valence-electron chi connectivity index (χ3n) is 2.91. The number of hydrogen-bond donors (Lipinski definition) is 1. The monoisotopic (exact) mass is 250 g/mol. The van der Waals surface area contributed by atoms with Gasteiger partial charge in [0.25, 0.3) is 0 Å².